The summed E-state index contributed by atoms with van der Waals surface area (Å²) in [6.07, 6.45) is -3.53. The zero-order chi connectivity index (χ0) is 22.9. The lowest BCUT2D eigenvalue weighted by molar-refractivity contribution is 0.288. The monoisotopic (exact) mass is 374 g/mol. The van der Waals surface area contributed by atoms with Gasteiger partial charge < -0.3 is 15.4 Å². The molecule has 2 rings (SSSR count). The number of benzene rings is 2. The molecule has 0 aliphatic heterocycles. The molecule has 0 saturated heterocycles. The van der Waals surface area contributed by atoms with E-state index in [1.54, 1.807) is 24.3 Å². The Hall–Kier alpha value is -1.43. The van der Waals surface area contributed by atoms with Gasteiger partial charge in [-0.1, -0.05) is 23.4 Å². The summed E-state index contributed by atoms with van der Waals surface area (Å²) < 4.78 is 63.1. The van der Waals surface area contributed by atoms with Crippen molar-refractivity contribution in [3.8, 4) is 5.75 Å². The van der Waals surface area contributed by atoms with Crippen molar-refractivity contribution in [2.75, 3.05) is 33.0 Å². The van der Waals surface area contributed by atoms with E-state index in [0.717, 1.165) is 15.4 Å². The number of alkyl halides is 1. The van der Waals surface area contributed by atoms with Crippen molar-refractivity contribution in [2.24, 2.45) is 0 Å². The lowest BCUT2D eigenvalue weighted by Crippen LogP contribution is -2.11. The summed E-state index contributed by atoms with van der Waals surface area (Å²) in [5.74, 6) is -0.0570. The van der Waals surface area contributed by atoms with Gasteiger partial charge in [-0.2, -0.15) is 0 Å². The molecule has 0 aromatic heterocycles. The van der Waals surface area contributed by atoms with Crippen LogP contribution in [0, 0.1) is 0 Å². The Labute approximate surface area is 160 Å². The molecule has 0 saturated carbocycles. The predicted octanol–water partition coefficient (Wildman–Crippen LogP) is 4.87. The van der Waals surface area contributed by atoms with Crippen LogP contribution in [-0.4, -0.2) is 32.2 Å². The summed E-state index contributed by atoms with van der Waals surface area (Å²) in [4.78, 5) is 3.45. The molecule has 130 valence electrons. The van der Waals surface area contributed by atoms with Crippen LogP contribution < -0.4 is 10.5 Å². The van der Waals surface area contributed by atoms with Gasteiger partial charge in [0.25, 0.3) is 0 Å². The third kappa shape index (κ3) is 5.58. The van der Waals surface area contributed by atoms with Gasteiger partial charge in [0.1, 0.15) is 5.75 Å². The number of hydrogen-bond donors (Lipinski definition) is 1. The molecule has 6 heteroatoms. The smallest absolute Gasteiger partial charge is 0.119 e. The molecule has 2 aromatic rings. The largest absolute Gasteiger partial charge is 0.493 e. The Morgan fingerprint density at radius 1 is 1.25 bits per heavy atom. The van der Waals surface area contributed by atoms with E-state index in [1.807, 2.05) is 19.0 Å². The number of nitrogen functional groups attached to an aromatic ring is 1. The molecule has 0 radical (unpaired) electrons. The first kappa shape index (κ1) is 12.0. The predicted molar refractivity (Wildman–Crippen MR) is 99.9 cm³/mol. The number of rotatable bonds is 8. The average Bonchev–Trinajstić information content (AvgIpc) is 2.57. The van der Waals surface area contributed by atoms with Crippen LogP contribution in [-0.2, 0) is 6.54 Å². The number of nitrogens with two attached hydrogens (primary N) is 1. The van der Waals surface area contributed by atoms with E-state index >= 15 is 0 Å². The highest BCUT2D eigenvalue weighted by Crippen LogP contribution is 2.37. The van der Waals surface area contributed by atoms with Crippen molar-refractivity contribution in [3.05, 3.63) is 47.0 Å². The molecule has 0 bridgehead atoms. The molecule has 0 aliphatic carbocycles. The molecule has 0 atom stereocenters. The molecule has 24 heavy (non-hydrogen) atoms. The lowest BCUT2D eigenvalue weighted by atomic mass is 10.2. The van der Waals surface area contributed by atoms with E-state index in [2.05, 4.69) is 0 Å². The molecule has 0 amide bonds. The lowest BCUT2D eigenvalue weighted by Gasteiger charge is -2.16. The second-order valence-electron chi connectivity index (χ2n) is 5.22. The van der Waals surface area contributed by atoms with E-state index in [0.29, 0.717) is 17.3 Å². The van der Waals surface area contributed by atoms with Crippen LogP contribution in [0.25, 0.3) is 0 Å². The summed E-state index contributed by atoms with van der Waals surface area (Å²) in [5.41, 5.74) is 7.25. The van der Waals surface area contributed by atoms with Crippen molar-refractivity contribution in [3.63, 3.8) is 0 Å². The van der Waals surface area contributed by atoms with Gasteiger partial charge in [-0.25, -0.2) is 0 Å². The van der Waals surface area contributed by atoms with Crippen LogP contribution in [0.4, 0.5) is 10.1 Å². The maximum atomic E-state index is 13.6. The van der Waals surface area contributed by atoms with E-state index in [-0.39, 0.29) is 5.75 Å². The average molecular weight is 375 g/mol. The van der Waals surface area contributed by atoms with Gasteiger partial charge in [0, 0.05) is 36.2 Å². The van der Waals surface area contributed by atoms with Crippen LogP contribution in [0.1, 0.15) is 20.2 Å². The van der Waals surface area contributed by atoms with Crippen molar-refractivity contribution in [1.82, 2.24) is 4.90 Å². The van der Waals surface area contributed by atoms with E-state index in [9.17, 15) is 4.39 Å². The quantitative estimate of drug-likeness (QED) is 0.669. The van der Waals surface area contributed by atoms with E-state index in [4.69, 9.17) is 30.3 Å². The summed E-state index contributed by atoms with van der Waals surface area (Å²) in [6.45, 7) is -6.74. The van der Waals surface area contributed by atoms with E-state index < -0.39 is 19.6 Å². The number of halogens is 2. The fraction of sp³-hybridized carbons (Fsp3) is 0.333. The fourth-order valence-electron chi connectivity index (χ4n) is 2.02. The van der Waals surface area contributed by atoms with Crippen LogP contribution >= 0.6 is 23.4 Å². The van der Waals surface area contributed by atoms with Crippen LogP contribution in [0.15, 0.2) is 46.2 Å². The van der Waals surface area contributed by atoms with Gasteiger partial charge in [-0.15, -0.1) is 0 Å². The number of hydrogen-bond acceptors (Lipinski definition) is 4. The van der Waals surface area contributed by atoms with Gasteiger partial charge in [0.05, 0.1) is 18.7 Å². The molecule has 3 nitrogen and oxygen atoms in total. The highest BCUT2D eigenvalue weighted by atomic mass is 35.5. The van der Waals surface area contributed by atoms with E-state index in [1.165, 1.54) is 23.9 Å². The molecular formula is C18H22ClFN2OS. The Bertz CT molecular complexity index is 911. The first-order valence-corrected chi connectivity index (χ1v) is 8.22. The maximum absolute atomic E-state index is 13.6. The molecular weight excluding hydrogens is 347 g/mol. The number of ether oxygens (including phenoxy) is 1. The molecule has 2 aromatic carbocycles. The van der Waals surface area contributed by atoms with Crippen LogP contribution in [0.3, 0.4) is 0 Å². The Morgan fingerprint density at radius 2 is 2.00 bits per heavy atom. The highest BCUT2D eigenvalue weighted by molar-refractivity contribution is 7.99. The maximum Gasteiger partial charge on any atom is 0.119 e. The topological polar surface area (TPSA) is 38.5 Å². The van der Waals surface area contributed by atoms with Gasteiger partial charge in [-0.05, 0) is 56.1 Å². The van der Waals surface area contributed by atoms with Crippen LogP contribution in [0.2, 0.25) is 5.02 Å². The molecule has 0 aliphatic rings. The number of anilines is 1. The van der Waals surface area contributed by atoms with Gasteiger partial charge in [0.15, 0.2) is 0 Å². The minimum Gasteiger partial charge on any atom is -0.493 e. The van der Waals surface area contributed by atoms with Gasteiger partial charge >= 0.3 is 0 Å². The highest BCUT2D eigenvalue weighted by Gasteiger charge is 2.10. The minimum atomic E-state index is -3.94. The fourth-order valence-corrected chi connectivity index (χ4v) is 3.14. The van der Waals surface area contributed by atoms with Crippen molar-refractivity contribution in [1.29, 1.82) is 0 Å². The SMILES string of the molecule is [2H]C([2H])(F)C([2H])([2H])C([2H])([2H])Oc1ccc(Sc2ccc(Cl)cc2N)c(CN(C)C)c1. The van der Waals surface area contributed by atoms with Crippen molar-refractivity contribution < 1.29 is 17.4 Å². The molecule has 0 fully saturated rings. The Balaban J connectivity index is 2.38. The van der Waals surface area contributed by atoms with Crippen molar-refractivity contribution >= 4 is 29.1 Å². The normalized spacial score (nSPS) is 16.5. The summed E-state index contributed by atoms with van der Waals surface area (Å²) in [5, 5.41) is 0.512. The first-order valence-electron chi connectivity index (χ1n) is 10.0. The van der Waals surface area contributed by atoms with Gasteiger partial charge in [0.2, 0.25) is 0 Å². The summed E-state index contributed by atoms with van der Waals surface area (Å²) in [6, 6.07) is 9.70. The first-order chi connectivity index (χ1) is 13.6. The Morgan fingerprint density at radius 3 is 2.67 bits per heavy atom. The standard InChI is InChI=1S/C18H22ClFN2OS/c1-22(2)12-13-10-15(23-9-3-8-20)5-7-17(13)24-18-6-4-14(19)11-16(18)21/h4-7,10-11H,3,8-9,12,21H2,1-2H3/i3D2,8D2,9D2. The number of nitrogens with zero attached hydrogens (tertiary/aromatic N) is 1. The third-order valence-corrected chi connectivity index (χ3v) is 4.42. The zero-order valence-corrected chi connectivity index (χ0v) is 14.8. The molecule has 2 N–H and O–H groups in total. The summed E-state index contributed by atoms with van der Waals surface area (Å²) >= 11 is 7.31. The zero-order valence-electron chi connectivity index (χ0n) is 19.3. The molecule has 0 spiro atoms. The molecule has 0 unspecified atom stereocenters. The third-order valence-electron chi connectivity index (χ3n) is 2.98. The van der Waals surface area contributed by atoms with Gasteiger partial charge in [-0.3, -0.25) is 4.39 Å². The second kappa shape index (κ2) is 9.16. The van der Waals surface area contributed by atoms with Crippen LogP contribution in [0.5, 0.6) is 5.75 Å². The minimum absolute atomic E-state index is 0.0570. The second-order valence-corrected chi connectivity index (χ2v) is 6.74. The molecule has 0 heterocycles. The van der Waals surface area contributed by atoms with Crippen molar-refractivity contribution in [2.45, 2.75) is 22.7 Å². The summed E-state index contributed by atoms with van der Waals surface area (Å²) in [7, 11) is 3.68. The Kier molecular flexibility index (Phi) is 4.58.